The second-order valence-electron chi connectivity index (χ2n) is 5.91. The zero-order valence-electron chi connectivity index (χ0n) is 14.5. The van der Waals surface area contributed by atoms with Gasteiger partial charge in [-0.1, -0.05) is 6.07 Å². The SMILES string of the molecule is CCOC(=O)N1CCC(NCCC(=O)Nc2cccc(C#N)c2)CC1. The molecule has 1 saturated heterocycles. The van der Waals surface area contributed by atoms with E-state index in [0.29, 0.717) is 50.0 Å². The third-order valence-electron chi connectivity index (χ3n) is 4.08. The Bertz CT molecular complexity index is 633. The van der Waals surface area contributed by atoms with E-state index in [0.717, 1.165) is 12.8 Å². The highest BCUT2D eigenvalue weighted by atomic mass is 16.6. The average Bonchev–Trinajstić information content (AvgIpc) is 2.62. The van der Waals surface area contributed by atoms with Gasteiger partial charge in [0.15, 0.2) is 0 Å². The Morgan fingerprint density at radius 1 is 1.36 bits per heavy atom. The summed E-state index contributed by atoms with van der Waals surface area (Å²) in [6.45, 7) is 4.11. The summed E-state index contributed by atoms with van der Waals surface area (Å²) in [6.07, 6.45) is 1.81. The van der Waals surface area contributed by atoms with E-state index in [1.54, 1.807) is 36.1 Å². The molecule has 2 rings (SSSR count). The lowest BCUT2D eigenvalue weighted by Crippen LogP contribution is -2.45. The molecule has 0 unspecified atom stereocenters. The van der Waals surface area contributed by atoms with Gasteiger partial charge in [-0.15, -0.1) is 0 Å². The number of hydrogen-bond acceptors (Lipinski definition) is 5. The van der Waals surface area contributed by atoms with Crippen molar-refractivity contribution in [1.82, 2.24) is 10.2 Å². The summed E-state index contributed by atoms with van der Waals surface area (Å²) in [5, 5.41) is 15.0. The van der Waals surface area contributed by atoms with Gasteiger partial charge in [-0.05, 0) is 38.0 Å². The van der Waals surface area contributed by atoms with Crippen LogP contribution in [-0.4, -0.2) is 49.2 Å². The molecule has 1 aromatic rings. The van der Waals surface area contributed by atoms with Crippen LogP contribution in [0.5, 0.6) is 0 Å². The van der Waals surface area contributed by atoms with Crippen molar-refractivity contribution in [2.24, 2.45) is 0 Å². The van der Waals surface area contributed by atoms with Crippen LogP contribution in [0, 0.1) is 11.3 Å². The first kappa shape index (κ1) is 18.7. The fourth-order valence-corrected chi connectivity index (χ4v) is 2.76. The van der Waals surface area contributed by atoms with E-state index in [-0.39, 0.29) is 12.0 Å². The minimum atomic E-state index is -0.250. The second-order valence-corrected chi connectivity index (χ2v) is 5.91. The van der Waals surface area contributed by atoms with Gasteiger partial charge >= 0.3 is 6.09 Å². The molecule has 2 N–H and O–H groups in total. The summed E-state index contributed by atoms with van der Waals surface area (Å²) in [7, 11) is 0. The van der Waals surface area contributed by atoms with Crippen LogP contribution in [-0.2, 0) is 9.53 Å². The standard InChI is InChI=1S/C18H24N4O3/c1-2-25-18(24)22-10-7-15(8-11-22)20-9-6-17(23)21-16-5-3-4-14(12-16)13-19/h3-5,12,15,20H,2,6-11H2,1H3,(H,21,23). The molecule has 0 aromatic heterocycles. The fourth-order valence-electron chi connectivity index (χ4n) is 2.76. The molecule has 7 nitrogen and oxygen atoms in total. The summed E-state index contributed by atoms with van der Waals surface area (Å²) in [5.41, 5.74) is 1.15. The van der Waals surface area contributed by atoms with Crippen molar-refractivity contribution in [1.29, 1.82) is 5.26 Å². The van der Waals surface area contributed by atoms with Crippen LogP contribution in [0.4, 0.5) is 10.5 Å². The summed E-state index contributed by atoms with van der Waals surface area (Å²) >= 11 is 0. The first-order valence-electron chi connectivity index (χ1n) is 8.57. The summed E-state index contributed by atoms with van der Waals surface area (Å²) in [6, 6.07) is 9.20. The highest BCUT2D eigenvalue weighted by molar-refractivity contribution is 5.90. The molecular weight excluding hydrogens is 320 g/mol. The number of rotatable bonds is 6. The summed E-state index contributed by atoms with van der Waals surface area (Å²) in [4.78, 5) is 25.3. The van der Waals surface area contributed by atoms with Crippen molar-refractivity contribution in [2.75, 3.05) is 31.6 Å². The van der Waals surface area contributed by atoms with Crippen molar-refractivity contribution < 1.29 is 14.3 Å². The molecule has 0 aliphatic carbocycles. The molecule has 2 amide bonds. The molecule has 134 valence electrons. The maximum Gasteiger partial charge on any atom is 0.409 e. The Morgan fingerprint density at radius 2 is 2.12 bits per heavy atom. The Balaban J connectivity index is 1.65. The molecule has 1 aliphatic heterocycles. The number of nitriles is 1. The third-order valence-corrected chi connectivity index (χ3v) is 4.08. The van der Waals surface area contributed by atoms with Gasteiger partial charge in [0.2, 0.25) is 5.91 Å². The van der Waals surface area contributed by atoms with Crippen LogP contribution in [0.3, 0.4) is 0 Å². The number of piperidine rings is 1. The number of carbonyl (C=O) groups excluding carboxylic acids is 2. The highest BCUT2D eigenvalue weighted by Gasteiger charge is 2.23. The van der Waals surface area contributed by atoms with Gasteiger partial charge in [0.1, 0.15) is 0 Å². The normalized spacial score (nSPS) is 14.6. The topological polar surface area (TPSA) is 94.5 Å². The predicted octanol–water partition coefficient (Wildman–Crippen LogP) is 2.10. The van der Waals surface area contributed by atoms with E-state index in [1.807, 2.05) is 6.07 Å². The van der Waals surface area contributed by atoms with Gasteiger partial charge in [0.25, 0.3) is 0 Å². The minimum Gasteiger partial charge on any atom is -0.450 e. The maximum absolute atomic E-state index is 12.0. The highest BCUT2D eigenvalue weighted by Crippen LogP contribution is 2.12. The molecule has 1 aliphatic rings. The Labute approximate surface area is 147 Å². The van der Waals surface area contributed by atoms with E-state index in [1.165, 1.54) is 0 Å². The Morgan fingerprint density at radius 3 is 2.80 bits per heavy atom. The van der Waals surface area contributed by atoms with Crippen molar-refractivity contribution >= 4 is 17.7 Å². The van der Waals surface area contributed by atoms with Crippen LogP contribution in [0.25, 0.3) is 0 Å². The van der Waals surface area contributed by atoms with Crippen molar-refractivity contribution in [3.05, 3.63) is 29.8 Å². The lowest BCUT2D eigenvalue weighted by molar-refractivity contribution is -0.116. The molecule has 0 bridgehead atoms. The van der Waals surface area contributed by atoms with Crippen LogP contribution < -0.4 is 10.6 Å². The lowest BCUT2D eigenvalue weighted by atomic mass is 10.1. The van der Waals surface area contributed by atoms with Crippen LogP contribution in [0.2, 0.25) is 0 Å². The molecule has 0 atom stereocenters. The molecule has 1 aromatic carbocycles. The summed E-state index contributed by atoms with van der Waals surface area (Å²) < 4.78 is 5.00. The smallest absolute Gasteiger partial charge is 0.409 e. The minimum absolute atomic E-state index is 0.0912. The molecule has 0 saturated carbocycles. The molecule has 0 spiro atoms. The number of carbonyl (C=O) groups is 2. The molecular formula is C18H24N4O3. The number of amides is 2. The van der Waals surface area contributed by atoms with Gasteiger partial charge < -0.3 is 20.3 Å². The molecule has 1 fully saturated rings. The number of ether oxygens (including phenoxy) is 1. The predicted molar refractivity (Wildman–Crippen MR) is 94.0 cm³/mol. The van der Waals surface area contributed by atoms with Gasteiger partial charge in [-0.25, -0.2) is 4.79 Å². The summed E-state index contributed by atoms with van der Waals surface area (Å²) in [5.74, 6) is -0.0912. The van der Waals surface area contributed by atoms with Gasteiger partial charge in [0.05, 0.1) is 18.2 Å². The van der Waals surface area contributed by atoms with Crippen LogP contribution in [0.1, 0.15) is 31.7 Å². The van der Waals surface area contributed by atoms with Gasteiger partial charge in [-0.3, -0.25) is 4.79 Å². The van der Waals surface area contributed by atoms with E-state index < -0.39 is 0 Å². The number of hydrogen-bond donors (Lipinski definition) is 2. The zero-order valence-corrected chi connectivity index (χ0v) is 14.5. The first-order valence-corrected chi connectivity index (χ1v) is 8.57. The van der Waals surface area contributed by atoms with Crippen molar-refractivity contribution in [3.63, 3.8) is 0 Å². The zero-order chi connectivity index (χ0) is 18.1. The second kappa shape index (κ2) is 9.64. The van der Waals surface area contributed by atoms with Gasteiger partial charge in [-0.2, -0.15) is 5.26 Å². The van der Waals surface area contributed by atoms with E-state index >= 15 is 0 Å². The number of nitrogens with zero attached hydrogens (tertiary/aromatic N) is 2. The number of nitrogens with one attached hydrogen (secondary N) is 2. The molecule has 25 heavy (non-hydrogen) atoms. The Hall–Kier alpha value is -2.59. The maximum atomic E-state index is 12.0. The quantitative estimate of drug-likeness (QED) is 0.824. The van der Waals surface area contributed by atoms with E-state index in [4.69, 9.17) is 10.00 Å². The number of anilines is 1. The van der Waals surface area contributed by atoms with Crippen LogP contribution >= 0.6 is 0 Å². The Kier molecular flexibility index (Phi) is 7.23. The fraction of sp³-hybridized carbons (Fsp3) is 0.500. The monoisotopic (exact) mass is 344 g/mol. The number of benzene rings is 1. The molecule has 1 heterocycles. The van der Waals surface area contributed by atoms with Gasteiger partial charge in [0, 0.05) is 37.8 Å². The molecule has 7 heteroatoms. The third kappa shape index (κ3) is 6.08. The van der Waals surface area contributed by atoms with Crippen molar-refractivity contribution in [3.8, 4) is 6.07 Å². The largest absolute Gasteiger partial charge is 0.450 e. The first-order chi connectivity index (χ1) is 12.1. The van der Waals surface area contributed by atoms with Crippen LogP contribution in [0.15, 0.2) is 24.3 Å². The lowest BCUT2D eigenvalue weighted by Gasteiger charge is -2.31. The average molecular weight is 344 g/mol. The van der Waals surface area contributed by atoms with E-state index in [9.17, 15) is 9.59 Å². The van der Waals surface area contributed by atoms with E-state index in [2.05, 4.69) is 10.6 Å². The molecule has 0 radical (unpaired) electrons. The van der Waals surface area contributed by atoms with Crippen molar-refractivity contribution in [2.45, 2.75) is 32.2 Å². The number of likely N-dealkylation sites (tertiary alicyclic amines) is 1.